The molecule has 0 unspecified atom stereocenters. The van der Waals surface area contributed by atoms with Gasteiger partial charge in [0.25, 0.3) is 0 Å². The van der Waals surface area contributed by atoms with Crippen LogP contribution in [0.3, 0.4) is 0 Å². The predicted molar refractivity (Wildman–Crippen MR) is 108 cm³/mol. The Morgan fingerprint density at radius 3 is 2.56 bits per heavy atom. The molecule has 0 aliphatic heterocycles. The summed E-state index contributed by atoms with van der Waals surface area (Å²) >= 11 is 12.1. The highest BCUT2D eigenvalue weighted by Crippen LogP contribution is 2.33. The average Bonchev–Trinajstić information content (AvgIpc) is 2.60. The van der Waals surface area contributed by atoms with E-state index in [4.69, 9.17) is 27.9 Å². The van der Waals surface area contributed by atoms with Gasteiger partial charge in [-0.2, -0.15) is 0 Å². The van der Waals surface area contributed by atoms with Gasteiger partial charge in [0.1, 0.15) is 12.3 Å². The molecule has 0 heterocycles. The first-order chi connectivity index (χ1) is 12.7. The third-order valence-electron chi connectivity index (χ3n) is 3.59. The number of hydrogen-bond acceptors (Lipinski definition) is 4. The summed E-state index contributed by atoms with van der Waals surface area (Å²) in [5, 5.41) is 2.97. The van der Waals surface area contributed by atoms with Gasteiger partial charge in [0.2, 0.25) is 15.9 Å². The Labute approximate surface area is 169 Å². The largest absolute Gasteiger partial charge is 0.494 e. The molecule has 0 saturated carbocycles. The molecule has 1 N–H and O–H groups in total. The highest BCUT2D eigenvalue weighted by Gasteiger charge is 2.23. The van der Waals surface area contributed by atoms with Crippen LogP contribution < -0.4 is 14.4 Å². The van der Waals surface area contributed by atoms with Crippen LogP contribution in [0.25, 0.3) is 0 Å². The molecule has 0 aliphatic rings. The molecule has 2 rings (SSSR count). The van der Waals surface area contributed by atoms with E-state index >= 15 is 0 Å². The maximum atomic E-state index is 12.3. The van der Waals surface area contributed by atoms with Crippen LogP contribution in [0.5, 0.6) is 5.75 Å². The number of anilines is 1. The number of sulfonamides is 1. The van der Waals surface area contributed by atoms with Crippen molar-refractivity contribution in [1.82, 2.24) is 5.32 Å². The van der Waals surface area contributed by atoms with Gasteiger partial charge < -0.3 is 10.1 Å². The first-order valence-corrected chi connectivity index (χ1v) is 10.7. The zero-order valence-corrected chi connectivity index (χ0v) is 17.2. The van der Waals surface area contributed by atoms with Crippen LogP contribution in [0.2, 0.25) is 10.0 Å². The van der Waals surface area contributed by atoms with Crippen molar-refractivity contribution in [3.8, 4) is 5.75 Å². The lowest BCUT2D eigenvalue weighted by Gasteiger charge is -2.23. The zero-order valence-electron chi connectivity index (χ0n) is 14.9. The van der Waals surface area contributed by atoms with Crippen molar-refractivity contribution in [3.05, 3.63) is 58.1 Å². The highest BCUT2D eigenvalue weighted by molar-refractivity contribution is 7.92. The number of hydrogen-bond donors (Lipinski definition) is 1. The third kappa shape index (κ3) is 6.02. The number of amides is 1. The van der Waals surface area contributed by atoms with Crippen LogP contribution in [-0.4, -0.2) is 33.7 Å². The van der Waals surface area contributed by atoms with Gasteiger partial charge in [0.15, 0.2) is 0 Å². The Morgan fingerprint density at radius 2 is 1.89 bits per heavy atom. The lowest BCUT2D eigenvalue weighted by molar-refractivity contribution is -0.119. The number of carbonyl (C=O) groups excluding carboxylic acids is 1. The smallest absolute Gasteiger partial charge is 0.241 e. The van der Waals surface area contributed by atoms with Crippen LogP contribution in [0.1, 0.15) is 12.5 Å². The molecule has 6 nitrogen and oxygen atoms in total. The number of nitrogens with one attached hydrogen (secondary N) is 1. The Hall–Kier alpha value is -1.96. The molecular formula is C18H20Cl2N2O4S. The molecule has 9 heteroatoms. The van der Waals surface area contributed by atoms with E-state index in [1.165, 1.54) is 6.07 Å². The highest BCUT2D eigenvalue weighted by atomic mass is 35.5. The fourth-order valence-electron chi connectivity index (χ4n) is 2.36. The Morgan fingerprint density at radius 1 is 1.19 bits per heavy atom. The van der Waals surface area contributed by atoms with Crippen molar-refractivity contribution in [2.45, 2.75) is 13.5 Å². The summed E-state index contributed by atoms with van der Waals surface area (Å²) in [7, 11) is -3.74. The molecule has 0 saturated heterocycles. The molecule has 0 radical (unpaired) electrons. The molecule has 0 fully saturated rings. The van der Waals surface area contributed by atoms with Gasteiger partial charge in [0.05, 0.1) is 28.6 Å². The van der Waals surface area contributed by atoms with Gasteiger partial charge in [-0.3, -0.25) is 9.10 Å². The summed E-state index contributed by atoms with van der Waals surface area (Å²) in [6, 6.07) is 11.9. The maximum Gasteiger partial charge on any atom is 0.241 e. The van der Waals surface area contributed by atoms with Crippen molar-refractivity contribution in [1.29, 1.82) is 0 Å². The second-order valence-corrected chi connectivity index (χ2v) is 8.39. The topological polar surface area (TPSA) is 75.7 Å². The Kier molecular flexibility index (Phi) is 7.35. The normalized spacial score (nSPS) is 11.1. The molecule has 0 aromatic heterocycles. The van der Waals surface area contributed by atoms with Gasteiger partial charge in [0, 0.05) is 6.54 Å². The van der Waals surface area contributed by atoms with Crippen LogP contribution in [-0.2, 0) is 21.4 Å². The number of carbonyl (C=O) groups is 1. The average molecular weight is 431 g/mol. The SMILES string of the molecule is CCOc1cccc(CNC(=O)CN(c2cccc(Cl)c2Cl)S(C)(=O)=O)c1. The number of ether oxygens (including phenoxy) is 1. The molecule has 0 spiro atoms. The van der Waals surface area contributed by atoms with E-state index in [2.05, 4.69) is 5.32 Å². The second kappa shape index (κ2) is 9.30. The lowest BCUT2D eigenvalue weighted by atomic mass is 10.2. The molecule has 1 amide bonds. The van der Waals surface area contributed by atoms with Gasteiger partial charge in [-0.1, -0.05) is 41.4 Å². The summed E-state index contributed by atoms with van der Waals surface area (Å²) in [4.78, 5) is 12.3. The minimum absolute atomic E-state index is 0.0711. The quantitative estimate of drug-likeness (QED) is 0.695. The molecule has 2 aromatic rings. The van der Waals surface area contributed by atoms with Crippen LogP contribution in [0.15, 0.2) is 42.5 Å². The molecule has 2 aromatic carbocycles. The number of rotatable bonds is 8. The second-order valence-electron chi connectivity index (χ2n) is 5.70. The molecule has 146 valence electrons. The zero-order chi connectivity index (χ0) is 20.0. The van der Waals surface area contributed by atoms with E-state index in [9.17, 15) is 13.2 Å². The summed E-state index contributed by atoms with van der Waals surface area (Å²) < 4.78 is 30.6. The van der Waals surface area contributed by atoms with Gasteiger partial charge in [-0.15, -0.1) is 0 Å². The van der Waals surface area contributed by atoms with E-state index < -0.39 is 22.5 Å². The van der Waals surface area contributed by atoms with Crippen molar-refractivity contribution in [2.75, 3.05) is 23.7 Å². The van der Waals surface area contributed by atoms with E-state index in [1.54, 1.807) is 12.1 Å². The first kappa shape index (κ1) is 21.3. The monoisotopic (exact) mass is 430 g/mol. The van der Waals surface area contributed by atoms with Crippen LogP contribution in [0, 0.1) is 0 Å². The molecule has 27 heavy (non-hydrogen) atoms. The number of nitrogens with zero attached hydrogens (tertiary/aromatic N) is 1. The molecule has 0 bridgehead atoms. The Balaban J connectivity index is 2.11. The van der Waals surface area contributed by atoms with Gasteiger partial charge in [-0.05, 0) is 36.8 Å². The molecule has 0 aliphatic carbocycles. The first-order valence-electron chi connectivity index (χ1n) is 8.12. The van der Waals surface area contributed by atoms with E-state index in [0.717, 1.165) is 16.1 Å². The lowest BCUT2D eigenvalue weighted by Crippen LogP contribution is -2.40. The van der Waals surface area contributed by atoms with E-state index in [1.807, 2.05) is 31.2 Å². The summed E-state index contributed by atoms with van der Waals surface area (Å²) in [6.45, 7) is 2.25. The maximum absolute atomic E-state index is 12.3. The predicted octanol–water partition coefficient (Wildman–Crippen LogP) is 3.47. The van der Waals surface area contributed by atoms with Crippen molar-refractivity contribution in [3.63, 3.8) is 0 Å². The standard InChI is InChI=1S/C18H20Cl2N2O4S/c1-3-26-14-7-4-6-13(10-14)11-21-17(23)12-22(27(2,24)25)16-9-5-8-15(19)18(16)20/h4-10H,3,11-12H2,1-2H3,(H,21,23). The minimum atomic E-state index is -3.74. The number of benzene rings is 2. The van der Waals surface area contributed by atoms with Crippen LogP contribution >= 0.6 is 23.2 Å². The Bertz CT molecular complexity index is 919. The summed E-state index contributed by atoms with van der Waals surface area (Å²) in [6.07, 6.45) is 1.00. The van der Waals surface area contributed by atoms with Gasteiger partial charge in [-0.25, -0.2) is 8.42 Å². The minimum Gasteiger partial charge on any atom is -0.494 e. The summed E-state index contributed by atoms with van der Waals surface area (Å²) in [5.41, 5.74) is 0.987. The molecule has 0 atom stereocenters. The number of halogens is 2. The van der Waals surface area contributed by atoms with Crippen LogP contribution in [0.4, 0.5) is 5.69 Å². The van der Waals surface area contributed by atoms with E-state index in [-0.39, 0.29) is 22.3 Å². The van der Waals surface area contributed by atoms with Crippen molar-refractivity contribution in [2.24, 2.45) is 0 Å². The van der Waals surface area contributed by atoms with Gasteiger partial charge >= 0.3 is 0 Å². The molecular weight excluding hydrogens is 411 g/mol. The fourth-order valence-corrected chi connectivity index (χ4v) is 3.67. The van der Waals surface area contributed by atoms with Crippen molar-refractivity contribution < 1.29 is 17.9 Å². The third-order valence-corrected chi connectivity index (χ3v) is 5.52. The van der Waals surface area contributed by atoms with E-state index in [0.29, 0.717) is 12.4 Å². The summed E-state index contributed by atoms with van der Waals surface area (Å²) in [5.74, 6) is 0.228. The fraction of sp³-hybridized carbons (Fsp3) is 0.278. The van der Waals surface area contributed by atoms with Crippen molar-refractivity contribution >= 4 is 44.8 Å².